The van der Waals surface area contributed by atoms with E-state index in [0.717, 1.165) is 11.3 Å². The second kappa shape index (κ2) is 5.83. The van der Waals surface area contributed by atoms with Gasteiger partial charge in [-0.05, 0) is 36.1 Å². The molecule has 1 aliphatic heterocycles. The van der Waals surface area contributed by atoms with Crippen molar-refractivity contribution >= 4 is 21.6 Å². The zero-order chi connectivity index (χ0) is 16.7. The molecule has 0 aliphatic carbocycles. The highest BCUT2D eigenvalue weighted by Crippen LogP contribution is 2.31. The monoisotopic (exact) mass is 344 g/mol. The fraction of sp³-hybridized carbons (Fsp3) is 0.294. The SMILES string of the molecule is CCn1c(=O)c2sccc2n(Cc2ccc3c(c2)OCCO3)c1=O. The Hall–Kier alpha value is -2.54. The molecule has 24 heavy (non-hydrogen) atoms. The summed E-state index contributed by atoms with van der Waals surface area (Å²) >= 11 is 1.36. The fourth-order valence-electron chi connectivity index (χ4n) is 2.93. The predicted molar refractivity (Wildman–Crippen MR) is 92.6 cm³/mol. The number of nitrogens with zero attached hydrogens (tertiary/aromatic N) is 2. The average Bonchev–Trinajstić information content (AvgIpc) is 3.09. The van der Waals surface area contributed by atoms with Crippen LogP contribution < -0.4 is 20.7 Å². The van der Waals surface area contributed by atoms with Gasteiger partial charge in [-0.2, -0.15) is 0 Å². The maximum Gasteiger partial charge on any atom is 0.331 e. The van der Waals surface area contributed by atoms with Gasteiger partial charge in [0, 0.05) is 6.54 Å². The standard InChI is InChI=1S/C17H16N2O4S/c1-2-18-16(20)15-12(5-8-24-15)19(17(18)21)10-11-3-4-13-14(9-11)23-7-6-22-13/h3-5,8-9H,2,6-7,10H2,1H3. The molecule has 0 atom stereocenters. The summed E-state index contributed by atoms with van der Waals surface area (Å²) in [6, 6.07) is 7.48. The number of aromatic nitrogens is 2. The van der Waals surface area contributed by atoms with Crippen LogP contribution in [0.5, 0.6) is 11.5 Å². The third-order valence-electron chi connectivity index (χ3n) is 4.10. The lowest BCUT2D eigenvalue weighted by molar-refractivity contribution is 0.171. The Bertz CT molecular complexity index is 1030. The summed E-state index contributed by atoms with van der Waals surface area (Å²) in [6.07, 6.45) is 0. The minimum Gasteiger partial charge on any atom is -0.486 e. The number of ether oxygens (including phenoxy) is 2. The van der Waals surface area contributed by atoms with E-state index in [-0.39, 0.29) is 11.2 Å². The molecule has 124 valence electrons. The number of benzene rings is 1. The summed E-state index contributed by atoms with van der Waals surface area (Å²) in [7, 11) is 0. The molecule has 3 heterocycles. The van der Waals surface area contributed by atoms with Crippen molar-refractivity contribution in [3.05, 3.63) is 56.0 Å². The molecule has 0 saturated carbocycles. The summed E-state index contributed by atoms with van der Waals surface area (Å²) in [5, 5.41) is 1.84. The zero-order valence-electron chi connectivity index (χ0n) is 13.2. The number of thiophene rings is 1. The quantitative estimate of drug-likeness (QED) is 0.730. The maximum atomic E-state index is 12.7. The Balaban J connectivity index is 1.84. The van der Waals surface area contributed by atoms with Crippen molar-refractivity contribution in [2.45, 2.75) is 20.0 Å². The van der Waals surface area contributed by atoms with E-state index in [2.05, 4.69) is 0 Å². The van der Waals surface area contributed by atoms with E-state index in [1.165, 1.54) is 15.9 Å². The Kier molecular flexibility index (Phi) is 3.65. The van der Waals surface area contributed by atoms with Crippen LogP contribution in [-0.4, -0.2) is 22.3 Å². The first-order chi connectivity index (χ1) is 11.7. The van der Waals surface area contributed by atoms with Crippen molar-refractivity contribution in [3.8, 4) is 11.5 Å². The van der Waals surface area contributed by atoms with E-state index < -0.39 is 0 Å². The van der Waals surface area contributed by atoms with Crippen LogP contribution in [0.4, 0.5) is 0 Å². The highest BCUT2D eigenvalue weighted by Gasteiger charge is 2.16. The molecule has 0 unspecified atom stereocenters. The van der Waals surface area contributed by atoms with Crippen molar-refractivity contribution in [2.24, 2.45) is 0 Å². The van der Waals surface area contributed by atoms with Gasteiger partial charge in [-0.15, -0.1) is 11.3 Å². The van der Waals surface area contributed by atoms with E-state index in [0.29, 0.717) is 42.3 Å². The second-order valence-corrected chi connectivity index (χ2v) is 6.45. The van der Waals surface area contributed by atoms with Gasteiger partial charge in [0.1, 0.15) is 17.9 Å². The third kappa shape index (κ3) is 2.32. The van der Waals surface area contributed by atoms with Crippen LogP contribution in [0.1, 0.15) is 12.5 Å². The summed E-state index contributed by atoms with van der Waals surface area (Å²) in [4.78, 5) is 25.1. The summed E-state index contributed by atoms with van der Waals surface area (Å²) in [5.41, 5.74) is 1.10. The van der Waals surface area contributed by atoms with E-state index >= 15 is 0 Å². The summed E-state index contributed by atoms with van der Waals surface area (Å²) < 4.78 is 14.6. The van der Waals surface area contributed by atoms with Crippen molar-refractivity contribution in [1.82, 2.24) is 9.13 Å². The molecule has 0 bridgehead atoms. The maximum absolute atomic E-state index is 12.7. The molecular formula is C17H16N2O4S. The molecule has 1 aromatic carbocycles. The Morgan fingerprint density at radius 1 is 1.08 bits per heavy atom. The van der Waals surface area contributed by atoms with E-state index in [1.807, 2.05) is 29.6 Å². The summed E-state index contributed by atoms with van der Waals surface area (Å²) in [5.74, 6) is 1.41. The molecule has 1 aliphatic rings. The van der Waals surface area contributed by atoms with E-state index in [9.17, 15) is 9.59 Å². The average molecular weight is 344 g/mol. The first-order valence-electron chi connectivity index (χ1n) is 7.78. The van der Waals surface area contributed by atoms with E-state index in [4.69, 9.17) is 9.47 Å². The van der Waals surface area contributed by atoms with Gasteiger partial charge in [0.25, 0.3) is 5.56 Å². The number of fused-ring (bicyclic) bond motifs is 2. The minimum atomic E-state index is -0.289. The lowest BCUT2D eigenvalue weighted by Gasteiger charge is -2.19. The topological polar surface area (TPSA) is 62.5 Å². The molecule has 3 aromatic rings. The number of hydrogen-bond acceptors (Lipinski definition) is 5. The zero-order valence-corrected chi connectivity index (χ0v) is 14.0. The van der Waals surface area contributed by atoms with Gasteiger partial charge >= 0.3 is 5.69 Å². The molecular weight excluding hydrogens is 328 g/mol. The molecule has 0 saturated heterocycles. The van der Waals surface area contributed by atoms with Crippen LogP contribution in [0.3, 0.4) is 0 Å². The van der Waals surface area contributed by atoms with Gasteiger partial charge in [-0.25, -0.2) is 4.79 Å². The van der Waals surface area contributed by atoms with Crippen molar-refractivity contribution in [2.75, 3.05) is 13.2 Å². The summed E-state index contributed by atoms with van der Waals surface area (Å²) in [6.45, 7) is 3.60. The molecule has 7 heteroatoms. The smallest absolute Gasteiger partial charge is 0.331 e. The fourth-order valence-corrected chi connectivity index (χ4v) is 3.78. The molecule has 4 rings (SSSR count). The van der Waals surface area contributed by atoms with Crippen molar-refractivity contribution in [3.63, 3.8) is 0 Å². The van der Waals surface area contributed by atoms with Gasteiger partial charge < -0.3 is 9.47 Å². The molecule has 0 N–H and O–H groups in total. The highest BCUT2D eigenvalue weighted by atomic mass is 32.1. The lowest BCUT2D eigenvalue weighted by atomic mass is 10.2. The molecule has 0 radical (unpaired) electrons. The van der Waals surface area contributed by atoms with Gasteiger partial charge in [-0.3, -0.25) is 13.9 Å². The molecule has 0 fully saturated rings. The van der Waals surface area contributed by atoms with Crippen LogP contribution in [0.15, 0.2) is 39.2 Å². The van der Waals surface area contributed by atoms with Crippen molar-refractivity contribution < 1.29 is 9.47 Å². The first kappa shape index (κ1) is 15.0. The molecule has 0 spiro atoms. The van der Waals surface area contributed by atoms with Gasteiger partial charge in [0.2, 0.25) is 0 Å². The first-order valence-corrected chi connectivity index (χ1v) is 8.66. The normalized spacial score (nSPS) is 13.4. The highest BCUT2D eigenvalue weighted by molar-refractivity contribution is 7.17. The largest absolute Gasteiger partial charge is 0.486 e. The number of hydrogen-bond donors (Lipinski definition) is 0. The van der Waals surface area contributed by atoms with E-state index in [1.54, 1.807) is 11.5 Å². The van der Waals surface area contributed by atoms with Gasteiger partial charge in [0.15, 0.2) is 11.5 Å². The van der Waals surface area contributed by atoms with Crippen LogP contribution in [0.2, 0.25) is 0 Å². The second-order valence-electron chi connectivity index (χ2n) is 5.53. The van der Waals surface area contributed by atoms with Crippen LogP contribution >= 0.6 is 11.3 Å². The lowest BCUT2D eigenvalue weighted by Crippen LogP contribution is -2.39. The predicted octanol–water partition coefficient (Wildman–Crippen LogP) is 2.06. The van der Waals surface area contributed by atoms with Crippen LogP contribution in [0.25, 0.3) is 10.2 Å². The molecule has 0 amide bonds. The minimum absolute atomic E-state index is 0.217. The van der Waals surface area contributed by atoms with Gasteiger partial charge in [0.05, 0.1) is 12.1 Å². The van der Waals surface area contributed by atoms with Gasteiger partial charge in [-0.1, -0.05) is 6.07 Å². The molecule has 2 aromatic heterocycles. The van der Waals surface area contributed by atoms with Crippen molar-refractivity contribution in [1.29, 1.82) is 0 Å². The third-order valence-corrected chi connectivity index (χ3v) is 4.99. The van der Waals surface area contributed by atoms with Crippen LogP contribution in [-0.2, 0) is 13.1 Å². The Morgan fingerprint density at radius 2 is 1.88 bits per heavy atom. The number of rotatable bonds is 3. The Morgan fingerprint density at radius 3 is 2.67 bits per heavy atom. The van der Waals surface area contributed by atoms with Crippen LogP contribution in [0, 0.1) is 0 Å². The molecule has 6 nitrogen and oxygen atoms in total. The Labute approximate surface area is 141 Å².